The number of hydrogen-bond acceptors (Lipinski definition) is 5. The molecule has 3 aromatic rings. The number of nitrogens with zero attached hydrogens (tertiary/aromatic N) is 2. The summed E-state index contributed by atoms with van der Waals surface area (Å²) in [5.74, 6) is -3.47. The second-order valence-electron chi connectivity index (χ2n) is 6.29. The molecule has 2 aromatic carbocycles. The zero-order valence-corrected chi connectivity index (χ0v) is 15.7. The van der Waals surface area contributed by atoms with Gasteiger partial charge in [0.1, 0.15) is 17.4 Å². The Labute approximate surface area is 169 Å². The number of carbonyl (C=O) groups excluding carboxylic acids is 1. The predicted octanol–water partition coefficient (Wildman–Crippen LogP) is 2.81. The fraction of sp³-hybridized carbons (Fsp3) is 0.150. The molecule has 1 amide bonds. The molecule has 0 aliphatic rings. The Morgan fingerprint density at radius 2 is 1.87 bits per heavy atom. The normalized spacial score (nSPS) is 11.7. The lowest BCUT2D eigenvalue weighted by Crippen LogP contribution is -2.31. The third-order valence-corrected chi connectivity index (χ3v) is 4.26. The van der Waals surface area contributed by atoms with Crippen LogP contribution in [0.25, 0.3) is 5.69 Å². The van der Waals surface area contributed by atoms with Crippen molar-refractivity contribution in [2.75, 3.05) is 7.11 Å². The number of carboxylic acid groups (broad SMARTS) is 1. The average molecular weight is 417 g/mol. The molecule has 0 fully saturated rings. The van der Waals surface area contributed by atoms with E-state index in [9.17, 15) is 23.5 Å². The lowest BCUT2D eigenvalue weighted by Gasteiger charge is -2.18. The minimum atomic E-state index is -1.25. The summed E-state index contributed by atoms with van der Waals surface area (Å²) in [7, 11) is 1.36. The Bertz CT molecular complexity index is 1080. The number of halogens is 2. The molecule has 156 valence electrons. The number of hydrogen-bond donors (Lipinski definition) is 3. The van der Waals surface area contributed by atoms with Crippen LogP contribution < -0.4 is 10.1 Å². The van der Waals surface area contributed by atoms with Crippen molar-refractivity contribution in [1.29, 1.82) is 0 Å². The highest BCUT2D eigenvalue weighted by atomic mass is 19.1. The largest absolute Gasteiger partial charge is 0.497 e. The summed E-state index contributed by atoms with van der Waals surface area (Å²) in [6, 6.07) is 8.71. The van der Waals surface area contributed by atoms with Crippen LogP contribution >= 0.6 is 0 Å². The zero-order valence-electron chi connectivity index (χ0n) is 15.7. The van der Waals surface area contributed by atoms with E-state index < -0.39 is 41.9 Å². The Balaban J connectivity index is 1.87. The second-order valence-corrected chi connectivity index (χ2v) is 6.29. The summed E-state index contributed by atoms with van der Waals surface area (Å²) in [5, 5.41) is 25.6. The molecular weight excluding hydrogens is 400 g/mol. The Kier molecular flexibility index (Phi) is 5.95. The zero-order chi connectivity index (χ0) is 21.8. The minimum Gasteiger partial charge on any atom is -0.497 e. The molecule has 0 radical (unpaired) electrons. The number of amides is 1. The number of methoxy groups -OCH3 is 1. The number of carboxylic acids is 1. The van der Waals surface area contributed by atoms with Crippen molar-refractivity contribution < 1.29 is 33.3 Å². The van der Waals surface area contributed by atoms with Crippen molar-refractivity contribution in [2.45, 2.75) is 12.5 Å². The fourth-order valence-electron chi connectivity index (χ4n) is 2.82. The molecule has 3 rings (SSSR count). The molecule has 30 heavy (non-hydrogen) atoms. The molecule has 3 N–H and O–H groups in total. The van der Waals surface area contributed by atoms with E-state index in [0.29, 0.717) is 5.69 Å². The molecule has 0 saturated carbocycles. The van der Waals surface area contributed by atoms with Gasteiger partial charge in [-0.25, -0.2) is 13.5 Å². The van der Waals surface area contributed by atoms with Gasteiger partial charge in [-0.15, -0.1) is 0 Å². The van der Waals surface area contributed by atoms with Gasteiger partial charge >= 0.3 is 5.97 Å². The number of carbonyl (C=O) groups is 2. The van der Waals surface area contributed by atoms with Crippen molar-refractivity contribution in [3.63, 3.8) is 0 Å². The van der Waals surface area contributed by atoms with E-state index in [2.05, 4.69) is 10.4 Å². The van der Waals surface area contributed by atoms with E-state index in [4.69, 9.17) is 9.84 Å². The lowest BCUT2D eigenvalue weighted by molar-refractivity contribution is -0.137. The third-order valence-electron chi connectivity index (χ3n) is 4.26. The fourth-order valence-corrected chi connectivity index (χ4v) is 2.82. The summed E-state index contributed by atoms with van der Waals surface area (Å²) < 4.78 is 33.4. The molecule has 10 heteroatoms. The highest BCUT2D eigenvalue weighted by molar-refractivity contribution is 5.93. The summed E-state index contributed by atoms with van der Waals surface area (Å²) in [4.78, 5) is 23.8. The van der Waals surface area contributed by atoms with Crippen molar-refractivity contribution in [1.82, 2.24) is 15.1 Å². The van der Waals surface area contributed by atoms with Crippen LogP contribution in [0.3, 0.4) is 0 Å². The van der Waals surface area contributed by atoms with Gasteiger partial charge in [-0.05, 0) is 30.3 Å². The number of benzene rings is 2. The van der Waals surface area contributed by atoms with Gasteiger partial charge in [0.25, 0.3) is 5.91 Å². The smallest absolute Gasteiger partial charge is 0.305 e. The van der Waals surface area contributed by atoms with Crippen LogP contribution in [0.2, 0.25) is 0 Å². The Morgan fingerprint density at radius 1 is 1.17 bits per heavy atom. The van der Waals surface area contributed by atoms with Crippen molar-refractivity contribution >= 4 is 11.9 Å². The molecule has 0 aliphatic carbocycles. The summed E-state index contributed by atoms with van der Waals surface area (Å²) in [6.45, 7) is 0. The molecule has 0 spiro atoms. The van der Waals surface area contributed by atoms with Gasteiger partial charge in [0, 0.05) is 17.7 Å². The van der Waals surface area contributed by atoms with Crippen LogP contribution in [-0.4, -0.2) is 39.0 Å². The van der Waals surface area contributed by atoms with Gasteiger partial charge in [0.2, 0.25) is 5.88 Å². The van der Waals surface area contributed by atoms with Gasteiger partial charge in [-0.2, -0.15) is 5.10 Å². The van der Waals surface area contributed by atoms with Crippen LogP contribution in [0.5, 0.6) is 11.6 Å². The quantitative estimate of drug-likeness (QED) is 0.545. The van der Waals surface area contributed by atoms with Crippen LogP contribution in [0.15, 0.2) is 48.5 Å². The molecule has 1 atom stereocenters. The van der Waals surface area contributed by atoms with E-state index in [0.717, 1.165) is 28.9 Å². The molecule has 0 saturated heterocycles. The highest BCUT2D eigenvalue weighted by Gasteiger charge is 2.24. The molecule has 1 heterocycles. The maximum absolute atomic E-state index is 14.4. The SMILES string of the molecule is COc1ccc(C(CC(=O)O)NC(=O)c2cc(O)n(-c3ccc(F)cc3)n2)c(F)c1. The van der Waals surface area contributed by atoms with Gasteiger partial charge in [0.05, 0.1) is 25.3 Å². The Morgan fingerprint density at radius 3 is 2.47 bits per heavy atom. The van der Waals surface area contributed by atoms with Gasteiger partial charge in [0.15, 0.2) is 5.69 Å². The number of nitrogens with one attached hydrogen (secondary N) is 1. The van der Waals surface area contributed by atoms with E-state index in [-0.39, 0.29) is 17.0 Å². The first-order chi connectivity index (χ1) is 14.3. The molecule has 8 nitrogen and oxygen atoms in total. The van der Waals surface area contributed by atoms with Crippen LogP contribution in [-0.2, 0) is 4.79 Å². The lowest BCUT2D eigenvalue weighted by atomic mass is 10.0. The van der Waals surface area contributed by atoms with E-state index in [1.165, 1.54) is 31.4 Å². The Hall–Kier alpha value is -3.95. The predicted molar refractivity (Wildman–Crippen MR) is 101 cm³/mol. The number of ether oxygens (including phenoxy) is 1. The second kappa shape index (κ2) is 8.60. The monoisotopic (exact) mass is 417 g/mol. The number of aliphatic carboxylic acids is 1. The summed E-state index contributed by atoms with van der Waals surface area (Å²) >= 11 is 0. The topological polar surface area (TPSA) is 114 Å². The molecular formula is C20H17F2N3O5. The van der Waals surface area contributed by atoms with E-state index >= 15 is 0 Å². The van der Waals surface area contributed by atoms with E-state index in [1.54, 1.807) is 0 Å². The first-order valence-corrected chi connectivity index (χ1v) is 8.69. The first-order valence-electron chi connectivity index (χ1n) is 8.69. The molecule has 1 unspecified atom stereocenters. The summed E-state index contributed by atoms with van der Waals surface area (Å²) in [6.07, 6.45) is -0.584. The van der Waals surface area contributed by atoms with Crippen molar-refractivity contribution in [2.24, 2.45) is 0 Å². The van der Waals surface area contributed by atoms with Gasteiger partial charge < -0.3 is 20.3 Å². The van der Waals surface area contributed by atoms with Crippen LogP contribution in [0.1, 0.15) is 28.5 Å². The maximum Gasteiger partial charge on any atom is 0.305 e. The maximum atomic E-state index is 14.4. The molecule has 0 aliphatic heterocycles. The van der Waals surface area contributed by atoms with Crippen LogP contribution in [0, 0.1) is 11.6 Å². The summed E-state index contributed by atoms with van der Waals surface area (Å²) in [5.41, 5.74) is 0.0195. The van der Waals surface area contributed by atoms with Gasteiger partial charge in [-0.1, -0.05) is 6.07 Å². The van der Waals surface area contributed by atoms with Crippen molar-refractivity contribution in [3.8, 4) is 17.3 Å². The average Bonchev–Trinajstić information content (AvgIpc) is 3.09. The van der Waals surface area contributed by atoms with Gasteiger partial charge in [-0.3, -0.25) is 9.59 Å². The first kappa shape index (κ1) is 20.8. The number of aromatic nitrogens is 2. The molecule has 0 bridgehead atoms. The standard InChI is InChI=1S/C20H17F2N3O5/c1-30-13-6-7-14(15(22)8-13)16(10-19(27)28)23-20(29)17-9-18(26)25(24-17)12-4-2-11(21)3-5-12/h2-9,16,26H,10H2,1H3,(H,23,29)(H,27,28). The highest BCUT2D eigenvalue weighted by Crippen LogP contribution is 2.25. The van der Waals surface area contributed by atoms with E-state index in [1.807, 2.05) is 0 Å². The number of aromatic hydroxyl groups is 1. The number of rotatable bonds is 7. The van der Waals surface area contributed by atoms with Crippen LogP contribution in [0.4, 0.5) is 8.78 Å². The minimum absolute atomic E-state index is 0.0475. The van der Waals surface area contributed by atoms with Crippen molar-refractivity contribution in [3.05, 3.63) is 71.4 Å². The molecule has 1 aromatic heterocycles. The third kappa shape index (κ3) is 4.54.